The number of ether oxygens (including phenoxy) is 1. The SMILES string of the molecule is Fc1cc(F)cc(COc2cc(F)ccc2S)c1. The summed E-state index contributed by atoms with van der Waals surface area (Å²) in [5.41, 5.74) is 0.324. The van der Waals surface area contributed by atoms with Crippen LogP contribution in [0.4, 0.5) is 13.2 Å². The topological polar surface area (TPSA) is 9.23 Å². The molecule has 2 aromatic rings. The molecule has 2 rings (SSSR count). The van der Waals surface area contributed by atoms with Crippen molar-refractivity contribution in [1.82, 2.24) is 0 Å². The predicted octanol–water partition coefficient (Wildman–Crippen LogP) is 3.97. The molecule has 0 bridgehead atoms. The summed E-state index contributed by atoms with van der Waals surface area (Å²) in [4.78, 5) is 0.452. The molecular weight excluding hydrogens is 261 g/mol. The van der Waals surface area contributed by atoms with Gasteiger partial charge in [0.05, 0.1) is 0 Å². The van der Waals surface area contributed by atoms with Gasteiger partial charge in [-0.1, -0.05) is 0 Å². The first kappa shape index (κ1) is 12.8. The number of thiol groups is 1. The maximum atomic E-state index is 13.0. The van der Waals surface area contributed by atoms with Crippen LogP contribution in [-0.2, 0) is 6.61 Å². The van der Waals surface area contributed by atoms with Crippen LogP contribution in [0, 0.1) is 17.5 Å². The molecule has 0 spiro atoms. The minimum Gasteiger partial charge on any atom is -0.488 e. The molecule has 18 heavy (non-hydrogen) atoms. The average Bonchev–Trinajstić information content (AvgIpc) is 2.29. The standard InChI is InChI=1S/C13H9F3OS/c14-9-1-2-13(18)12(6-9)17-7-8-3-10(15)5-11(16)4-8/h1-6,18H,7H2. The van der Waals surface area contributed by atoms with E-state index in [0.29, 0.717) is 10.5 Å². The fraction of sp³-hybridized carbons (Fsp3) is 0.0769. The van der Waals surface area contributed by atoms with Crippen molar-refractivity contribution in [3.63, 3.8) is 0 Å². The van der Waals surface area contributed by atoms with Crippen LogP contribution in [0.2, 0.25) is 0 Å². The van der Waals surface area contributed by atoms with E-state index in [2.05, 4.69) is 12.6 Å². The molecule has 5 heteroatoms. The second-order valence-corrected chi connectivity index (χ2v) is 4.16. The first-order valence-electron chi connectivity index (χ1n) is 5.11. The quantitative estimate of drug-likeness (QED) is 0.830. The average molecular weight is 270 g/mol. The molecular formula is C13H9F3OS. The number of halogens is 3. The number of rotatable bonds is 3. The number of hydrogen-bond donors (Lipinski definition) is 1. The van der Waals surface area contributed by atoms with E-state index in [4.69, 9.17) is 4.74 Å². The molecule has 0 saturated heterocycles. The van der Waals surface area contributed by atoms with Gasteiger partial charge in [-0.2, -0.15) is 0 Å². The van der Waals surface area contributed by atoms with Crippen molar-refractivity contribution in [3.8, 4) is 5.75 Å². The largest absolute Gasteiger partial charge is 0.488 e. The van der Waals surface area contributed by atoms with Gasteiger partial charge in [-0.25, -0.2) is 13.2 Å². The lowest BCUT2D eigenvalue weighted by atomic mass is 10.2. The van der Waals surface area contributed by atoms with E-state index in [1.807, 2.05) is 0 Å². The zero-order chi connectivity index (χ0) is 13.1. The first-order valence-corrected chi connectivity index (χ1v) is 5.55. The Morgan fingerprint density at radius 2 is 1.56 bits per heavy atom. The molecule has 0 aliphatic carbocycles. The number of hydrogen-bond acceptors (Lipinski definition) is 2. The van der Waals surface area contributed by atoms with E-state index in [-0.39, 0.29) is 12.4 Å². The minimum atomic E-state index is -0.682. The van der Waals surface area contributed by atoms with Crippen molar-refractivity contribution >= 4 is 12.6 Å². The molecule has 0 aliphatic rings. The van der Waals surface area contributed by atoms with E-state index in [1.165, 1.54) is 12.1 Å². The van der Waals surface area contributed by atoms with Crippen molar-refractivity contribution in [2.24, 2.45) is 0 Å². The Morgan fingerprint density at radius 1 is 0.889 bits per heavy atom. The van der Waals surface area contributed by atoms with Crippen LogP contribution < -0.4 is 4.74 Å². The molecule has 0 heterocycles. The van der Waals surface area contributed by atoms with Crippen LogP contribution in [0.25, 0.3) is 0 Å². The van der Waals surface area contributed by atoms with Gasteiger partial charge in [0, 0.05) is 17.0 Å². The van der Waals surface area contributed by atoms with Crippen molar-refractivity contribution < 1.29 is 17.9 Å². The van der Waals surface area contributed by atoms with Crippen LogP contribution in [-0.4, -0.2) is 0 Å². The highest BCUT2D eigenvalue weighted by Gasteiger charge is 2.05. The second-order valence-electron chi connectivity index (χ2n) is 3.68. The Kier molecular flexibility index (Phi) is 3.81. The van der Waals surface area contributed by atoms with E-state index in [9.17, 15) is 13.2 Å². The Balaban J connectivity index is 2.13. The smallest absolute Gasteiger partial charge is 0.136 e. The van der Waals surface area contributed by atoms with E-state index in [1.54, 1.807) is 0 Å². The van der Waals surface area contributed by atoms with Crippen LogP contribution in [0.3, 0.4) is 0 Å². The summed E-state index contributed by atoms with van der Waals surface area (Å²) in [5, 5.41) is 0. The van der Waals surface area contributed by atoms with Crippen LogP contribution >= 0.6 is 12.6 Å². The fourth-order valence-electron chi connectivity index (χ4n) is 1.46. The highest BCUT2D eigenvalue weighted by atomic mass is 32.1. The number of benzene rings is 2. The third-order valence-electron chi connectivity index (χ3n) is 2.24. The molecule has 0 fully saturated rings. The first-order chi connectivity index (χ1) is 8.54. The van der Waals surface area contributed by atoms with E-state index < -0.39 is 17.5 Å². The summed E-state index contributed by atoms with van der Waals surface area (Å²) in [6, 6.07) is 6.94. The monoisotopic (exact) mass is 270 g/mol. The highest BCUT2D eigenvalue weighted by Crippen LogP contribution is 2.24. The zero-order valence-corrected chi connectivity index (χ0v) is 10.1. The van der Waals surface area contributed by atoms with Crippen molar-refractivity contribution in [3.05, 3.63) is 59.4 Å². The van der Waals surface area contributed by atoms with Gasteiger partial charge < -0.3 is 4.74 Å². The summed E-state index contributed by atoms with van der Waals surface area (Å²) < 4.78 is 44.1. The zero-order valence-electron chi connectivity index (χ0n) is 9.16. The van der Waals surface area contributed by atoms with Gasteiger partial charge in [0.2, 0.25) is 0 Å². The molecule has 94 valence electrons. The maximum Gasteiger partial charge on any atom is 0.136 e. The van der Waals surface area contributed by atoms with Crippen LogP contribution in [0.15, 0.2) is 41.3 Å². The van der Waals surface area contributed by atoms with Gasteiger partial charge in [-0.3, -0.25) is 0 Å². The van der Waals surface area contributed by atoms with E-state index in [0.717, 1.165) is 24.3 Å². The third-order valence-corrected chi connectivity index (χ3v) is 2.61. The Morgan fingerprint density at radius 3 is 2.22 bits per heavy atom. The van der Waals surface area contributed by atoms with Gasteiger partial charge in [-0.05, 0) is 29.8 Å². The van der Waals surface area contributed by atoms with Gasteiger partial charge in [-0.15, -0.1) is 12.6 Å². The lowest BCUT2D eigenvalue weighted by Gasteiger charge is -2.09. The molecule has 0 aromatic heterocycles. The van der Waals surface area contributed by atoms with Crippen molar-refractivity contribution in [2.75, 3.05) is 0 Å². The normalized spacial score (nSPS) is 10.4. The molecule has 2 aromatic carbocycles. The van der Waals surface area contributed by atoms with Crippen molar-refractivity contribution in [1.29, 1.82) is 0 Å². The molecule has 0 atom stereocenters. The predicted molar refractivity (Wildman–Crippen MR) is 64.3 cm³/mol. The van der Waals surface area contributed by atoms with Gasteiger partial charge in [0.15, 0.2) is 0 Å². The third kappa shape index (κ3) is 3.20. The molecule has 0 saturated carbocycles. The Labute approximate surface area is 108 Å². The summed E-state index contributed by atoms with van der Waals surface area (Å²) >= 11 is 4.09. The summed E-state index contributed by atoms with van der Waals surface area (Å²) in [6.07, 6.45) is 0. The fourth-order valence-corrected chi connectivity index (χ4v) is 1.66. The summed E-state index contributed by atoms with van der Waals surface area (Å²) in [5.74, 6) is -1.60. The second kappa shape index (κ2) is 5.35. The summed E-state index contributed by atoms with van der Waals surface area (Å²) in [6.45, 7) is -0.0638. The Hall–Kier alpha value is -1.62. The van der Waals surface area contributed by atoms with Gasteiger partial charge >= 0.3 is 0 Å². The molecule has 0 amide bonds. The molecule has 0 aliphatic heterocycles. The Bertz CT molecular complexity index is 552. The van der Waals surface area contributed by atoms with Crippen molar-refractivity contribution in [2.45, 2.75) is 11.5 Å². The van der Waals surface area contributed by atoms with Crippen LogP contribution in [0.5, 0.6) is 5.75 Å². The summed E-state index contributed by atoms with van der Waals surface area (Å²) in [7, 11) is 0. The molecule has 0 radical (unpaired) electrons. The van der Waals surface area contributed by atoms with E-state index >= 15 is 0 Å². The lowest BCUT2D eigenvalue weighted by molar-refractivity contribution is 0.296. The van der Waals surface area contributed by atoms with Gasteiger partial charge in [0.1, 0.15) is 29.8 Å². The van der Waals surface area contributed by atoms with Crippen LogP contribution in [0.1, 0.15) is 5.56 Å². The molecule has 0 N–H and O–H groups in total. The lowest BCUT2D eigenvalue weighted by Crippen LogP contribution is -1.98. The highest BCUT2D eigenvalue weighted by molar-refractivity contribution is 7.80. The molecule has 1 nitrogen and oxygen atoms in total. The maximum absolute atomic E-state index is 13.0. The molecule has 0 unspecified atom stereocenters. The minimum absolute atomic E-state index is 0.0638. The van der Waals surface area contributed by atoms with Gasteiger partial charge in [0.25, 0.3) is 0 Å².